The topological polar surface area (TPSA) is 98.5 Å². The highest BCUT2D eigenvalue weighted by atomic mass is 35.5. The molecule has 0 bridgehead atoms. The lowest BCUT2D eigenvalue weighted by Crippen LogP contribution is -2.21. The van der Waals surface area contributed by atoms with E-state index in [-0.39, 0.29) is 16.3 Å². The number of benzene rings is 2. The van der Waals surface area contributed by atoms with Crippen molar-refractivity contribution in [2.24, 2.45) is 5.73 Å². The Morgan fingerprint density at radius 3 is 2.62 bits per heavy atom. The van der Waals surface area contributed by atoms with Crippen LogP contribution in [0.15, 0.2) is 47.4 Å². The predicted molar refractivity (Wildman–Crippen MR) is 96.7 cm³/mol. The molecule has 0 aliphatic carbocycles. The summed E-state index contributed by atoms with van der Waals surface area (Å²) in [4.78, 5) is 35.3. The molecule has 0 spiro atoms. The molecular formula is C17H14ClFN2O4S. The number of amides is 2. The average molecular weight is 397 g/mol. The number of ether oxygens (including phenoxy) is 1. The minimum absolute atomic E-state index is 0.0533. The normalized spacial score (nSPS) is 10.2. The van der Waals surface area contributed by atoms with Crippen molar-refractivity contribution >= 4 is 46.8 Å². The van der Waals surface area contributed by atoms with Gasteiger partial charge in [0.25, 0.3) is 5.91 Å². The highest BCUT2D eigenvalue weighted by Gasteiger charge is 2.16. The quantitative estimate of drug-likeness (QED) is 0.554. The monoisotopic (exact) mass is 396 g/mol. The lowest BCUT2D eigenvalue weighted by molar-refractivity contribution is -0.119. The summed E-state index contributed by atoms with van der Waals surface area (Å²) >= 11 is 6.77. The van der Waals surface area contributed by atoms with Gasteiger partial charge >= 0.3 is 5.97 Å². The van der Waals surface area contributed by atoms with E-state index in [1.165, 1.54) is 12.1 Å². The van der Waals surface area contributed by atoms with Crippen LogP contribution in [0.2, 0.25) is 5.02 Å². The summed E-state index contributed by atoms with van der Waals surface area (Å²) in [6.07, 6.45) is 0. The van der Waals surface area contributed by atoms with Crippen LogP contribution in [-0.4, -0.2) is 30.1 Å². The van der Waals surface area contributed by atoms with E-state index in [1.54, 1.807) is 24.3 Å². The molecule has 2 rings (SSSR count). The van der Waals surface area contributed by atoms with E-state index in [9.17, 15) is 18.8 Å². The Hall–Kier alpha value is -2.58. The number of carbonyl (C=O) groups is 3. The van der Waals surface area contributed by atoms with Crippen LogP contribution in [0, 0.1) is 5.82 Å². The molecule has 9 heteroatoms. The van der Waals surface area contributed by atoms with Gasteiger partial charge in [0.1, 0.15) is 5.82 Å². The lowest BCUT2D eigenvalue weighted by Gasteiger charge is -2.10. The maximum Gasteiger partial charge on any atom is 0.341 e. The molecule has 136 valence electrons. The van der Waals surface area contributed by atoms with Gasteiger partial charge < -0.3 is 15.8 Å². The third kappa shape index (κ3) is 5.75. The Morgan fingerprint density at radius 2 is 1.92 bits per heavy atom. The first kappa shape index (κ1) is 19.7. The molecule has 2 aromatic carbocycles. The summed E-state index contributed by atoms with van der Waals surface area (Å²) in [6, 6.07) is 10.3. The van der Waals surface area contributed by atoms with Crippen LogP contribution in [0.25, 0.3) is 0 Å². The van der Waals surface area contributed by atoms with Crippen LogP contribution in [0.5, 0.6) is 0 Å². The smallest absolute Gasteiger partial charge is 0.341 e. The highest BCUT2D eigenvalue weighted by molar-refractivity contribution is 8.00. The van der Waals surface area contributed by atoms with E-state index < -0.39 is 30.2 Å². The summed E-state index contributed by atoms with van der Waals surface area (Å²) in [6.45, 7) is -0.601. The Kier molecular flexibility index (Phi) is 6.99. The molecule has 3 N–H and O–H groups in total. The van der Waals surface area contributed by atoms with E-state index in [1.807, 2.05) is 0 Å². The first-order valence-corrected chi connectivity index (χ1v) is 8.65. The van der Waals surface area contributed by atoms with Crippen molar-refractivity contribution in [2.75, 3.05) is 17.7 Å². The number of halogens is 2. The van der Waals surface area contributed by atoms with E-state index in [0.717, 1.165) is 17.8 Å². The Balaban J connectivity index is 1.95. The van der Waals surface area contributed by atoms with Gasteiger partial charge in [-0.3, -0.25) is 9.59 Å². The number of nitrogens with two attached hydrogens (primary N) is 1. The summed E-state index contributed by atoms with van der Waals surface area (Å²) in [5, 5.41) is 2.70. The Morgan fingerprint density at radius 1 is 1.19 bits per heavy atom. The SMILES string of the molecule is NC(=O)CSc1ccccc1NC(=O)COC(=O)c1ccc(Cl)cc1F. The molecule has 2 aromatic rings. The van der Waals surface area contributed by atoms with Gasteiger partial charge in [-0.25, -0.2) is 9.18 Å². The third-order valence-electron chi connectivity index (χ3n) is 3.02. The van der Waals surface area contributed by atoms with Crippen LogP contribution in [0.3, 0.4) is 0 Å². The summed E-state index contributed by atoms with van der Waals surface area (Å²) in [7, 11) is 0. The minimum Gasteiger partial charge on any atom is -0.452 e. The molecule has 0 aliphatic rings. The number of anilines is 1. The number of primary amides is 1. The van der Waals surface area contributed by atoms with E-state index in [4.69, 9.17) is 22.1 Å². The number of para-hydroxylation sites is 1. The molecule has 0 unspecified atom stereocenters. The molecule has 0 atom stereocenters. The summed E-state index contributed by atoms with van der Waals surface area (Å²) < 4.78 is 18.5. The number of esters is 1. The second-order valence-corrected chi connectivity index (χ2v) is 6.45. The fraction of sp³-hybridized carbons (Fsp3) is 0.118. The van der Waals surface area contributed by atoms with Crippen LogP contribution in [0.4, 0.5) is 10.1 Å². The van der Waals surface area contributed by atoms with Crippen molar-refractivity contribution in [3.05, 3.63) is 58.9 Å². The molecular weight excluding hydrogens is 383 g/mol. The van der Waals surface area contributed by atoms with Crippen molar-refractivity contribution in [3.8, 4) is 0 Å². The Labute approximate surface area is 157 Å². The zero-order valence-corrected chi connectivity index (χ0v) is 14.9. The van der Waals surface area contributed by atoms with Gasteiger partial charge in [0.15, 0.2) is 6.61 Å². The highest BCUT2D eigenvalue weighted by Crippen LogP contribution is 2.26. The molecule has 0 fully saturated rings. The van der Waals surface area contributed by atoms with Crippen molar-refractivity contribution in [1.82, 2.24) is 0 Å². The first-order valence-electron chi connectivity index (χ1n) is 7.29. The summed E-state index contributed by atoms with van der Waals surface area (Å²) in [5.41, 5.74) is 5.23. The van der Waals surface area contributed by atoms with Crippen molar-refractivity contribution in [1.29, 1.82) is 0 Å². The van der Waals surface area contributed by atoms with Crippen LogP contribution in [-0.2, 0) is 14.3 Å². The van der Waals surface area contributed by atoms with Gasteiger partial charge in [-0.05, 0) is 30.3 Å². The lowest BCUT2D eigenvalue weighted by atomic mass is 10.2. The standard InChI is InChI=1S/C17H14ClFN2O4S/c18-10-5-6-11(12(19)7-10)17(24)25-8-16(23)21-13-3-1-2-4-14(13)26-9-15(20)22/h1-7H,8-9H2,(H2,20,22)(H,21,23). The Bertz CT molecular complexity index is 847. The van der Waals surface area contributed by atoms with Crippen LogP contribution >= 0.6 is 23.4 Å². The van der Waals surface area contributed by atoms with E-state index >= 15 is 0 Å². The first-order chi connectivity index (χ1) is 12.4. The number of hydrogen-bond acceptors (Lipinski definition) is 5. The molecule has 26 heavy (non-hydrogen) atoms. The second-order valence-electron chi connectivity index (χ2n) is 5.00. The zero-order chi connectivity index (χ0) is 19.1. The van der Waals surface area contributed by atoms with Gasteiger partial charge in [-0.1, -0.05) is 23.7 Å². The molecule has 0 heterocycles. The fourth-order valence-electron chi connectivity index (χ4n) is 1.89. The van der Waals surface area contributed by atoms with Gasteiger partial charge in [0.2, 0.25) is 5.91 Å². The van der Waals surface area contributed by atoms with Gasteiger partial charge in [0.05, 0.1) is 17.0 Å². The third-order valence-corrected chi connectivity index (χ3v) is 4.35. The minimum atomic E-state index is -0.981. The maximum atomic E-state index is 13.6. The van der Waals surface area contributed by atoms with Gasteiger partial charge in [-0.15, -0.1) is 11.8 Å². The predicted octanol–water partition coefficient (Wildman–Crippen LogP) is 2.85. The van der Waals surface area contributed by atoms with Gasteiger partial charge in [-0.2, -0.15) is 0 Å². The largest absolute Gasteiger partial charge is 0.452 e. The number of nitrogens with one attached hydrogen (secondary N) is 1. The summed E-state index contributed by atoms with van der Waals surface area (Å²) in [5.74, 6) is -2.87. The second kappa shape index (κ2) is 9.21. The average Bonchev–Trinajstić information content (AvgIpc) is 2.59. The number of carbonyl (C=O) groups excluding carboxylic acids is 3. The van der Waals surface area contributed by atoms with E-state index in [0.29, 0.717) is 10.6 Å². The molecule has 0 aromatic heterocycles. The van der Waals surface area contributed by atoms with Crippen molar-refractivity contribution < 1.29 is 23.5 Å². The number of thioether (sulfide) groups is 1. The molecule has 0 saturated heterocycles. The maximum absolute atomic E-state index is 13.6. The number of hydrogen-bond donors (Lipinski definition) is 2. The molecule has 0 radical (unpaired) electrons. The molecule has 2 amide bonds. The molecule has 0 aliphatic heterocycles. The molecule has 6 nitrogen and oxygen atoms in total. The fourth-order valence-corrected chi connectivity index (χ4v) is 2.80. The van der Waals surface area contributed by atoms with Crippen molar-refractivity contribution in [2.45, 2.75) is 4.90 Å². The van der Waals surface area contributed by atoms with E-state index in [2.05, 4.69) is 5.32 Å². The van der Waals surface area contributed by atoms with Gasteiger partial charge in [0, 0.05) is 9.92 Å². The number of rotatable bonds is 7. The zero-order valence-electron chi connectivity index (χ0n) is 13.3. The van der Waals surface area contributed by atoms with Crippen LogP contribution < -0.4 is 11.1 Å². The van der Waals surface area contributed by atoms with Crippen LogP contribution in [0.1, 0.15) is 10.4 Å². The molecule has 0 saturated carbocycles. The van der Waals surface area contributed by atoms with Crippen molar-refractivity contribution in [3.63, 3.8) is 0 Å².